The first-order chi connectivity index (χ1) is 7.19. The highest BCUT2D eigenvalue weighted by atomic mass is 32.1. The lowest BCUT2D eigenvalue weighted by Crippen LogP contribution is -2.10. The molecule has 86 valence electrons. The van der Waals surface area contributed by atoms with E-state index in [1.165, 1.54) is 0 Å². The van der Waals surface area contributed by atoms with Gasteiger partial charge < -0.3 is 9.47 Å². The van der Waals surface area contributed by atoms with Gasteiger partial charge in [-0.2, -0.15) is 0 Å². The fourth-order valence-corrected chi connectivity index (χ4v) is 1.62. The number of hydrogen-bond acceptors (Lipinski definition) is 3. The molecule has 15 heavy (non-hydrogen) atoms. The zero-order valence-electron chi connectivity index (χ0n) is 9.75. The van der Waals surface area contributed by atoms with Crippen LogP contribution in [-0.4, -0.2) is 13.2 Å². The van der Waals surface area contributed by atoms with Gasteiger partial charge in [-0.05, 0) is 25.8 Å². The molecule has 0 spiro atoms. The molecule has 0 bridgehead atoms. The summed E-state index contributed by atoms with van der Waals surface area (Å²) in [5, 5.41) is 0. The van der Waals surface area contributed by atoms with Gasteiger partial charge in [0.25, 0.3) is 0 Å². The second kappa shape index (κ2) is 6.11. The molecule has 1 saturated heterocycles. The molecule has 0 aromatic rings. The van der Waals surface area contributed by atoms with Gasteiger partial charge in [-0.25, -0.2) is 0 Å². The van der Waals surface area contributed by atoms with Crippen molar-refractivity contribution in [1.82, 2.24) is 0 Å². The summed E-state index contributed by atoms with van der Waals surface area (Å²) < 4.78 is 11.5. The van der Waals surface area contributed by atoms with Crippen LogP contribution in [0, 0.1) is 5.92 Å². The first-order valence-electron chi connectivity index (χ1n) is 5.55. The summed E-state index contributed by atoms with van der Waals surface area (Å²) in [5.41, 5.74) is 0. The summed E-state index contributed by atoms with van der Waals surface area (Å²) in [6.45, 7) is 7.64. The molecule has 1 rings (SSSR count). The Balaban J connectivity index is 2.85. The Morgan fingerprint density at radius 1 is 1.40 bits per heavy atom. The van der Waals surface area contributed by atoms with Crippen LogP contribution in [0.4, 0.5) is 0 Å². The highest BCUT2D eigenvalue weighted by Crippen LogP contribution is 2.26. The summed E-state index contributed by atoms with van der Waals surface area (Å²) in [6.07, 6.45) is 4.07. The van der Waals surface area contributed by atoms with E-state index in [-0.39, 0.29) is 0 Å². The van der Waals surface area contributed by atoms with Gasteiger partial charge in [0.2, 0.25) is 0 Å². The van der Waals surface area contributed by atoms with Gasteiger partial charge in [-0.3, -0.25) is 0 Å². The van der Waals surface area contributed by atoms with E-state index in [1.807, 2.05) is 13.0 Å². The second-order valence-electron chi connectivity index (χ2n) is 3.79. The minimum absolute atomic E-state index is 0.482. The maximum absolute atomic E-state index is 5.75. The molecule has 1 fully saturated rings. The summed E-state index contributed by atoms with van der Waals surface area (Å²) in [4.78, 5) is 0.881. The Morgan fingerprint density at radius 3 is 2.60 bits per heavy atom. The van der Waals surface area contributed by atoms with E-state index in [4.69, 9.17) is 9.47 Å². The van der Waals surface area contributed by atoms with Crippen LogP contribution in [0.2, 0.25) is 0 Å². The lowest BCUT2D eigenvalue weighted by molar-refractivity contribution is 0.159. The predicted molar refractivity (Wildman–Crippen MR) is 65.7 cm³/mol. The molecule has 0 aliphatic carbocycles. The van der Waals surface area contributed by atoms with E-state index in [0.717, 1.165) is 42.5 Å². The first-order valence-corrected chi connectivity index (χ1v) is 5.99. The quantitative estimate of drug-likeness (QED) is 0.729. The van der Waals surface area contributed by atoms with Crippen LogP contribution in [0.25, 0.3) is 0 Å². The molecular weight excluding hydrogens is 208 g/mol. The highest BCUT2D eigenvalue weighted by Gasteiger charge is 2.19. The molecule has 0 amide bonds. The zero-order valence-corrected chi connectivity index (χ0v) is 10.6. The van der Waals surface area contributed by atoms with Crippen LogP contribution in [0.3, 0.4) is 0 Å². The van der Waals surface area contributed by atoms with Crippen molar-refractivity contribution in [2.24, 2.45) is 5.92 Å². The molecule has 1 aliphatic heterocycles. The SMILES string of the molecule is CC/C=C1\OCC(CC)CO\C1=C(/C)S. The first kappa shape index (κ1) is 12.5. The third kappa shape index (κ3) is 3.49. The van der Waals surface area contributed by atoms with E-state index in [2.05, 4.69) is 26.5 Å². The lowest BCUT2D eigenvalue weighted by atomic mass is 10.1. The summed E-state index contributed by atoms with van der Waals surface area (Å²) in [7, 11) is 0. The van der Waals surface area contributed by atoms with Crippen molar-refractivity contribution in [3.63, 3.8) is 0 Å². The number of hydrogen-bond donors (Lipinski definition) is 1. The lowest BCUT2D eigenvalue weighted by Gasteiger charge is -2.10. The fraction of sp³-hybridized carbons (Fsp3) is 0.667. The fourth-order valence-electron chi connectivity index (χ4n) is 1.45. The van der Waals surface area contributed by atoms with Gasteiger partial charge in [0.1, 0.15) is 0 Å². The summed E-state index contributed by atoms with van der Waals surface area (Å²) in [5.74, 6) is 2.13. The Bertz CT molecular complexity index is 265. The number of rotatable bonds is 2. The van der Waals surface area contributed by atoms with Gasteiger partial charge >= 0.3 is 0 Å². The van der Waals surface area contributed by atoms with E-state index in [1.54, 1.807) is 0 Å². The largest absolute Gasteiger partial charge is 0.490 e. The van der Waals surface area contributed by atoms with Crippen molar-refractivity contribution < 1.29 is 9.47 Å². The van der Waals surface area contributed by atoms with Crippen molar-refractivity contribution in [1.29, 1.82) is 0 Å². The molecule has 1 atom stereocenters. The average Bonchev–Trinajstić information content (AvgIpc) is 2.41. The number of thiol groups is 1. The van der Waals surface area contributed by atoms with E-state index in [0.29, 0.717) is 5.92 Å². The third-order valence-corrected chi connectivity index (χ3v) is 2.66. The van der Waals surface area contributed by atoms with Gasteiger partial charge in [-0.15, -0.1) is 12.6 Å². The molecule has 1 aliphatic rings. The molecular formula is C12H20O2S. The van der Waals surface area contributed by atoms with Gasteiger partial charge in [0.15, 0.2) is 11.5 Å². The molecule has 2 nitrogen and oxygen atoms in total. The monoisotopic (exact) mass is 228 g/mol. The standard InChI is InChI=1S/C12H20O2S/c1-4-6-11-12(9(3)15)14-8-10(5-2)7-13-11/h6,10,15H,4-5,7-8H2,1-3H3/b11-6-,12-9+. The van der Waals surface area contributed by atoms with Crippen molar-refractivity contribution in [2.45, 2.75) is 33.6 Å². The Hall–Kier alpha value is -0.570. The van der Waals surface area contributed by atoms with Crippen LogP contribution in [0.1, 0.15) is 33.6 Å². The molecule has 1 heterocycles. The van der Waals surface area contributed by atoms with Gasteiger partial charge in [0.05, 0.1) is 13.2 Å². The van der Waals surface area contributed by atoms with E-state index in [9.17, 15) is 0 Å². The van der Waals surface area contributed by atoms with Crippen LogP contribution >= 0.6 is 12.6 Å². The van der Waals surface area contributed by atoms with Crippen molar-refractivity contribution >= 4 is 12.6 Å². The van der Waals surface area contributed by atoms with Crippen LogP contribution in [0.5, 0.6) is 0 Å². The highest BCUT2D eigenvalue weighted by molar-refractivity contribution is 7.84. The molecule has 0 N–H and O–H groups in total. The molecule has 0 radical (unpaired) electrons. The molecule has 0 aromatic carbocycles. The molecule has 0 aromatic heterocycles. The van der Waals surface area contributed by atoms with E-state index < -0.39 is 0 Å². The number of ether oxygens (including phenoxy) is 2. The maximum atomic E-state index is 5.75. The molecule has 0 saturated carbocycles. The Kier molecular flexibility index (Phi) is 5.09. The third-order valence-electron chi connectivity index (χ3n) is 2.46. The number of allylic oxidation sites excluding steroid dienone is 2. The van der Waals surface area contributed by atoms with Crippen molar-refractivity contribution in [3.8, 4) is 0 Å². The molecule has 3 heteroatoms. The topological polar surface area (TPSA) is 18.5 Å². The summed E-state index contributed by atoms with van der Waals surface area (Å²) >= 11 is 4.33. The Morgan fingerprint density at radius 2 is 2.07 bits per heavy atom. The normalized spacial score (nSPS) is 28.0. The van der Waals surface area contributed by atoms with Crippen LogP contribution < -0.4 is 0 Å². The predicted octanol–water partition coefficient (Wildman–Crippen LogP) is 3.51. The van der Waals surface area contributed by atoms with Crippen LogP contribution in [-0.2, 0) is 9.47 Å². The summed E-state index contributed by atoms with van der Waals surface area (Å²) in [6, 6.07) is 0. The van der Waals surface area contributed by atoms with Gasteiger partial charge in [0, 0.05) is 10.8 Å². The zero-order chi connectivity index (χ0) is 11.3. The van der Waals surface area contributed by atoms with Gasteiger partial charge in [-0.1, -0.05) is 13.8 Å². The smallest absolute Gasteiger partial charge is 0.169 e. The minimum atomic E-state index is 0.482. The molecule has 1 unspecified atom stereocenters. The average molecular weight is 228 g/mol. The minimum Gasteiger partial charge on any atom is -0.490 e. The Labute approximate surface area is 97.8 Å². The van der Waals surface area contributed by atoms with Crippen molar-refractivity contribution in [2.75, 3.05) is 13.2 Å². The van der Waals surface area contributed by atoms with Crippen LogP contribution in [0.15, 0.2) is 22.5 Å². The van der Waals surface area contributed by atoms with E-state index >= 15 is 0 Å². The van der Waals surface area contributed by atoms with Crippen molar-refractivity contribution in [3.05, 3.63) is 22.5 Å². The maximum Gasteiger partial charge on any atom is 0.169 e. The second-order valence-corrected chi connectivity index (χ2v) is 4.46.